The van der Waals surface area contributed by atoms with Crippen LogP contribution in [-0.4, -0.2) is 30.9 Å². The molecule has 0 saturated carbocycles. The average molecular weight is 267 g/mol. The van der Waals surface area contributed by atoms with Crippen molar-refractivity contribution in [1.29, 1.82) is 0 Å². The smallest absolute Gasteiger partial charge is 0.224 e. The van der Waals surface area contributed by atoms with Crippen molar-refractivity contribution in [3.63, 3.8) is 0 Å². The standard InChI is InChI=1S/C14H19ClN2O/c1-17-8-2-3-12(10-17)14(18)16-9-11-4-6-13(15)7-5-11/h4-7,12H,2-3,8-10H2,1H3,(H,16,18)/t12-/m0/s1. The Labute approximate surface area is 113 Å². The Morgan fingerprint density at radius 2 is 2.17 bits per heavy atom. The lowest BCUT2D eigenvalue weighted by Gasteiger charge is -2.28. The van der Waals surface area contributed by atoms with E-state index in [2.05, 4.69) is 17.3 Å². The molecule has 4 heteroatoms. The van der Waals surface area contributed by atoms with Gasteiger partial charge in [-0.3, -0.25) is 4.79 Å². The molecule has 0 radical (unpaired) electrons. The minimum atomic E-state index is 0.135. The lowest BCUT2D eigenvalue weighted by Crippen LogP contribution is -2.41. The van der Waals surface area contributed by atoms with Gasteiger partial charge < -0.3 is 10.2 Å². The molecular weight excluding hydrogens is 248 g/mol. The zero-order chi connectivity index (χ0) is 13.0. The molecular formula is C14H19ClN2O. The largest absolute Gasteiger partial charge is 0.352 e. The molecule has 1 fully saturated rings. The van der Waals surface area contributed by atoms with Gasteiger partial charge in [-0.1, -0.05) is 23.7 Å². The monoisotopic (exact) mass is 266 g/mol. The molecule has 1 amide bonds. The van der Waals surface area contributed by atoms with Gasteiger partial charge in [0.2, 0.25) is 5.91 Å². The molecule has 0 bridgehead atoms. The van der Waals surface area contributed by atoms with Crippen LogP contribution in [0.25, 0.3) is 0 Å². The number of amides is 1. The predicted molar refractivity (Wildman–Crippen MR) is 73.5 cm³/mol. The highest BCUT2D eigenvalue weighted by Gasteiger charge is 2.23. The minimum absolute atomic E-state index is 0.135. The van der Waals surface area contributed by atoms with Gasteiger partial charge in [-0.25, -0.2) is 0 Å². The highest BCUT2D eigenvalue weighted by atomic mass is 35.5. The molecule has 1 aliphatic rings. The molecule has 3 nitrogen and oxygen atoms in total. The van der Waals surface area contributed by atoms with Gasteiger partial charge in [0.05, 0.1) is 5.92 Å². The first kappa shape index (κ1) is 13.4. The molecule has 2 rings (SSSR count). The van der Waals surface area contributed by atoms with Gasteiger partial charge in [0.15, 0.2) is 0 Å². The number of nitrogens with zero attached hydrogens (tertiary/aromatic N) is 1. The summed E-state index contributed by atoms with van der Waals surface area (Å²) in [5, 5.41) is 3.72. The third kappa shape index (κ3) is 3.72. The number of halogens is 1. The van der Waals surface area contributed by atoms with Crippen LogP contribution in [-0.2, 0) is 11.3 Å². The summed E-state index contributed by atoms with van der Waals surface area (Å²) >= 11 is 5.82. The first-order valence-corrected chi connectivity index (χ1v) is 6.73. The van der Waals surface area contributed by atoms with Crippen molar-refractivity contribution >= 4 is 17.5 Å². The van der Waals surface area contributed by atoms with Gasteiger partial charge in [-0.15, -0.1) is 0 Å². The SMILES string of the molecule is CN1CCC[C@H](C(=O)NCc2ccc(Cl)cc2)C1. The maximum Gasteiger partial charge on any atom is 0.224 e. The Balaban J connectivity index is 1.82. The van der Waals surface area contributed by atoms with E-state index in [1.165, 1.54) is 0 Å². The van der Waals surface area contributed by atoms with Crippen molar-refractivity contribution in [3.8, 4) is 0 Å². The fraction of sp³-hybridized carbons (Fsp3) is 0.500. The molecule has 1 heterocycles. The first-order chi connectivity index (χ1) is 8.65. The summed E-state index contributed by atoms with van der Waals surface area (Å²) in [5.41, 5.74) is 1.08. The second kappa shape index (κ2) is 6.21. The molecule has 98 valence electrons. The van der Waals surface area contributed by atoms with E-state index in [1.807, 2.05) is 24.3 Å². The van der Waals surface area contributed by atoms with Crippen LogP contribution in [0.4, 0.5) is 0 Å². The molecule has 0 unspecified atom stereocenters. The van der Waals surface area contributed by atoms with E-state index in [4.69, 9.17) is 11.6 Å². The maximum absolute atomic E-state index is 12.0. The lowest BCUT2D eigenvalue weighted by molar-refractivity contribution is -0.126. The third-order valence-corrected chi connectivity index (χ3v) is 3.63. The number of hydrogen-bond acceptors (Lipinski definition) is 2. The zero-order valence-corrected chi connectivity index (χ0v) is 11.4. The van der Waals surface area contributed by atoms with Gasteiger partial charge in [0.1, 0.15) is 0 Å². The van der Waals surface area contributed by atoms with Crippen LogP contribution in [0.2, 0.25) is 5.02 Å². The van der Waals surface area contributed by atoms with Gasteiger partial charge >= 0.3 is 0 Å². The second-order valence-electron chi connectivity index (χ2n) is 4.95. The Kier molecular flexibility index (Phi) is 4.61. The van der Waals surface area contributed by atoms with E-state index in [0.717, 1.165) is 36.5 Å². The molecule has 18 heavy (non-hydrogen) atoms. The summed E-state index contributed by atoms with van der Waals surface area (Å²) in [6, 6.07) is 7.57. The number of carbonyl (C=O) groups excluding carboxylic acids is 1. The first-order valence-electron chi connectivity index (χ1n) is 6.36. The molecule has 1 atom stereocenters. The summed E-state index contributed by atoms with van der Waals surface area (Å²) in [4.78, 5) is 14.2. The van der Waals surface area contributed by atoms with Crippen molar-refractivity contribution in [3.05, 3.63) is 34.9 Å². The van der Waals surface area contributed by atoms with E-state index in [-0.39, 0.29) is 11.8 Å². The predicted octanol–water partition coefficient (Wildman–Crippen LogP) is 2.30. The van der Waals surface area contributed by atoms with Crippen LogP contribution >= 0.6 is 11.6 Å². The van der Waals surface area contributed by atoms with Crippen LogP contribution in [0.1, 0.15) is 18.4 Å². The van der Waals surface area contributed by atoms with E-state index < -0.39 is 0 Å². The number of nitrogens with one attached hydrogen (secondary N) is 1. The molecule has 1 aromatic rings. The zero-order valence-electron chi connectivity index (χ0n) is 10.7. The van der Waals surface area contributed by atoms with Crippen LogP contribution < -0.4 is 5.32 Å². The molecule has 1 aromatic carbocycles. The average Bonchev–Trinajstić information content (AvgIpc) is 2.38. The second-order valence-corrected chi connectivity index (χ2v) is 5.38. The Hall–Kier alpha value is -1.06. The van der Waals surface area contributed by atoms with Crippen LogP contribution in [0.5, 0.6) is 0 Å². The van der Waals surface area contributed by atoms with Crippen molar-refractivity contribution in [2.45, 2.75) is 19.4 Å². The van der Waals surface area contributed by atoms with Crippen molar-refractivity contribution in [2.75, 3.05) is 20.1 Å². The van der Waals surface area contributed by atoms with Crippen LogP contribution in [0.15, 0.2) is 24.3 Å². The van der Waals surface area contributed by atoms with E-state index >= 15 is 0 Å². The molecule has 0 aliphatic carbocycles. The number of piperidine rings is 1. The molecule has 0 aromatic heterocycles. The minimum Gasteiger partial charge on any atom is -0.352 e. The van der Waals surface area contributed by atoms with E-state index in [9.17, 15) is 4.79 Å². The van der Waals surface area contributed by atoms with Crippen LogP contribution in [0, 0.1) is 5.92 Å². The summed E-state index contributed by atoms with van der Waals surface area (Å²) < 4.78 is 0. The molecule has 0 spiro atoms. The molecule has 1 saturated heterocycles. The van der Waals surface area contributed by atoms with Gasteiger partial charge in [-0.05, 0) is 44.1 Å². The number of rotatable bonds is 3. The van der Waals surface area contributed by atoms with Crippen LogP contribution in [0.3, 0.4) is 0 Å². The number of hydrogen-bond donors (Lipinski definition) is 1. The van der Waals surface area contributed by atoms with Gasteiger partial charge in [0, 0.05) is 18.1 Å². The Bertz CT molecular complexity index is 405. The quantitative estimate of drug-likeness (QED) is 0.911. The lowest BCUT2D eigenvalue weighted by atomic mass is 9.97. The third-order valence-electron chi connectivity index (χ3n) is 3.38. The van der Waals surface area contributed by atoms with Crippen molar-refractivity contribution in [1.82, 2.24) is 10.2 Å². The maximum atomic E-state index is 12.0. The van der Waals surface area contributed by atoms with E-state index in [0.29, 0.717) is 6.54 Å². The fourth-order valence-corrected chi connectivity index (χ4v) is 2.44. The fourth-order valence-electron chi connectivity index (χ4n) is 2.32. The van der Waals surface area contributed by atoms with Gasteiger partial charge in [0.25, 0.3) is 0 Å². The molecule has 1 N–H and O–H groups in total. The van der Waals surface area contributed by atoms with Gasteiger partial charge in [-0.2, -0.15) is 0 Å². The Morgan fingerprint density at radius 1 is 1.44 bits per heavy atom. The highest BCUT2D eigenvalue weighted by Crippen LogP contribution is 2.15. The molecule has 1 aliphatic heterocycles. The Morgan fingerprint density at radius 3 is 2.83 bits per heavy atom. The number of carbonyl (C=O) groups is 1. The van der Waals surface area contributed by atoms with Crippen molar-refractivity contribution < 1.29 is 4.79 Å². The summed E-state index contributed by atoms with van der Waals surface area (Å²) in [5.74, 6) is 0.299. The number of likely N-dealkylation sites (tertiary alicyclic amines) is 1. The van der Waals surface area contributed by atoms with Crippen molar-refractivity contribution in [2.24, 2.45) is 5.92 Å². The summed E-state index contributed by atoms with van der Waals surface area (Å²) in [7, 11) is 2.07. The van der Waals surface area contributed by atoms with E-state index in [1.54, 1.807) is 0 Å². The number of benzene rings is 1. The topological polar surface area (TPSA) is 32.3 Å². The summed E-state index contributed by atoms with van der Waals surface area (Å²) in [6.07, 6.45) is 2.10. The summed E-state index contributed by atoms with van der Waals surface area (Å²) in [6.45, 7) is 2.55. The highest BCUT2D eigenvalue weighted by molar-refractivity contribution is 6.30. The normalized spacial score (nSPS) is 20.7.